The number of furan rings is 1. The summed E-state index contributed by atoms with van der Waals surface area (Å²) in [5.41, 5.74) is 2.64. The van der Waals surface area contributed by atoms with Gasteiger partial charge in [-0.1, -0.05) is 18.2 Å². The fraction of sp³-hybridized carbons (Fsp3) is 0.200. The number of hydrogen-bond donors (Lipinski definition) is 0. The van der Waals surface area contributed by atoms with Crippen LogP contribution in [0.15, 0.2) is 28.7 Å². The number of benzene rings is 1. The lowest BCUT2D eigenvalue weighted by Crippen LogP contribution is -1.89. The van der Waals surface area contributed by atoms with Gasteiger partial charge in [0.2, 0.25) is 0 Å². The number of fused-ring (bicyclic) bond motifs is 1. The van der Waals surface area contributed by atoms with Crippen molar-refractivity contribution >= 4 is 28.1 Å². The van der Waals surface area contributed by atoms with Crippen LogP contribution < -0.4 is 0 Å². The van der Waals surface area contributed by atoms with E-state index in [-0.39, 0.29) is 5.78 Å². The van der Waals surface area contributed by atoms with Crippen LogP contribution in [0, 0.1) is 13.8 Å². The van der Waals surface area contributed by atoms with Gasteiger partial charge in [-0.2, -0.15) is 0 Å². The average molecular weight is 271 g/mol. The zero-order valence-corrected chi connectivity index (χ0v) is 11.8. The Morgan fingerprint density at radius 3 is 2.68 bits per heavy atom. The van der Waals surface area contributed by atoms with E-state index in [0.29, 0.717) is 0 Å². The number of ketones is 1. The highest BCUT2D eigenvalue weighted by molar-refractivity contribution is 7.17. The second kappa shape index (κ2) is 4.31. The molecule has 0 saturated carbocycles. The predicted molar refractivity (Wildman–Crippen MR) is 76.8 cm³/mol. The van der Waals surface area contributed by atoms with Crippen LogP contribution in [0.5, 0.6) is 0 Å². The van der Waals surface area contributed by atoms with Gasteiger partial charge in [0.05, 0.1) is 16.1 Å². The van der Waals surface area contributed by atoms with E-state index in [2.05, 4.69) is 4.98 Å². The van der Waals surface area contributed by atoms with E-state index in [1.807, 2.05) is 38.1 Å². The van der Waals surface area contributed by atoms with Crippen molar-refractivity contribution in [3.05, 3.63) is 40.6 Å². The third-order valence-corrected chi connectivity index (χ3v) is 4.38. The zero-order valence-electron chi connectivity index (χ0n) is 11.0. The minimum absolute atomic E-state index is 0.0618. The molecule has 2 heterocycles. The van der Waals surface area contributed by atoms with Crippen molar-refractivity contribution in [3.8, 4) is 10.6 Å². The highest BCUT2D eigenvalue weighted by Gasteiger charge is 2.18. The van der Waals surface area contributed by atoms with Crippen molar-refractivity contribution in [1.82, 2.24) is 4.98 Å². The number of rotatable bonds is 2. The number of thiazole rings is 1. The second-order valence-electron chi connectivity index (χ2n) is 4.52. The summed E-state index contributed by atoms with van der Waals surface area (Å²) in [6.07, 6.45) is 0. The molecule has 0 aliphatic rings. The molecule has 0 saturated heterocycles. The first kappa shape index (κ1) is 12.1. The van der Waals surface area contributed by atoms with E-state index >= 15 is 0 Å². The summed E-state index contributed by atoms with van der Waals surface area (Å²) in [5.74, 6) is 0.900. The quantitative estimate of drug-likeness (QED) is 0.650. The minimum atomic E-state index is 0.0618. The lowest BCUT2D eigenvalue weighted by atomic mass is 10.1. The molecule has 0 atom stereocenters. The number of carbonyl (C=O) groups is 1. The molecule has 3 nitrogen and oxygen atoms in total. The van der Waals surface area contributed by atoms with E-state index < -0.39 is 0 Å². The fourth-order valence-electron chi connectivity index (χ4n) is 2.26. The van der Waals surface area contributed by atoms with Crippen LogP contribution in [-0.4, -0.2) is 10.8 Å². The molecule has 3 rings (SSSR count). The lowest BCUT2D eigenvalue weighted by molar-refractivity contribution is 0.102. The third-order valence-electron chi connectivity index (χ3n) is 3.10. The van der Waals surface area contributed by atoms with Crippen LogP contribution in [0.25, 0.3) is 21.5 Å². The van der Waals surface area contributed by atoms with Crippen LogP contribution in [-0.2, 0) is 0 Å². The second-order valence-corrected chi connectivity index (χ2v) is 5.52. The maximum Gasteiger partial charge on any atom is 0.171 e. The standard InChI is InChI=1S/C15H13NO2S/c1-8-14(9(2)17)19-15(16-8)13-10(3)18-12-7-5-4-6-11(12)13/h4-7H,1-3H3. The van der Waals surface area contributed by atoms with Crippen LogP contribution in [0.4, 0.5) is 0 Å². The van der Waals surface area contributed by atoms with Gasteiger partial charge < -0.3 is 4.42 Å². The first-order chi connectivity index (χ1) is 9.08. The number of para-hydroxylation sites is 1. The lowest BCUT2D eigenvalue weighted by Gasteiger charge is -1.93. The maximum atomic E-state index is 11.5. The molecule has 0 amide bonds. The van der Waals surface area contributed by atoms with Crippen LogP contribution >= 0.6 is 11.3 Å². The van der Waals surface area contributed by atoms with Gasteiger partial charge in [0.25, 0.3) is 0 Å². The van der Waals surface area contributed by atoms with Crippen molar-refractivity contribution in [3.63, 3.8) is 0 Å². The molecule has 3 aromatic rings. The highest BCUT2D eigenvalue weighted by atomic mass is 32.1. The summed E-state index contributed by atoms with van der Waals surface area (Å²) in [7, 11) is 0. The average Bonchev–Trinajstić information content (AvgIpc) is 2.88. The van der Waals surface area contributed by atoms with E-state index in [0.717, 1.165) is 37.9 Å². The number of aromatic nitrogens is 1. The Morgan fingerprint density at radius 2 is 2.00 bits per heavy atom. The normalized spacial score (nSPS) is 11.1. The topological polar surface area (TPSA) is 43.1 Å². The highest BCUT2D eigenvalue weighted by Crippen LogP contribution is 2.37. The van der Waals surface area contributed by atoms with Crippen molar-refractivity contribution < 1.29 is 9.21 Å². The molecule has 4 heteroatoms. The largest absolute Gasteiger partial charge is 0.461 e. The Kier molecular flexibility index (Phi) is 2.75. The molecular weight excluding hydrogens is 258 g/mol. The summed E-state index contributed by atoms with van der Waals surface area (Å²) < 4.78 is 5.74. The molecular formula is C15H13NO2S. The molecule has 0 fully saturated rings. The Balaban J connectivity index is 2.27. The van der Waals surface area contributed by atoms with Gasteiger partial charge in [0.15, 0.2) is 5.78 Å². The first-order valence-corrected chi connectivity index (χ1v) is 6.86. The SMILES string of the molecule is CC(=O)c1sc(-c2c(C)oc3ccccc23)nc1C. The van der Waals surface area contributed by atoms with Gasteiger partial charge >= 0.3 is 0 Å². The van der Waals surface area contributed by atoms with Gasteiger partial charge in [-0.25, -0.2) is 4.98 Å². The summed E-state index contributed by atoms with van der Waals surface area (Å²) in [5, 5.41) is 1.90. The number of Topliss-reactive ketones (excluding diaryl/α,β-unsaturated/α-hetero) is 1. The number of nitrogens with zero attached hydrogens (tertiary/aromatic N) is 1. The number of hydrogen-bond acceptors (Lipinski definition) is 4. The Labute approximate surface area is 114 Å². The van der Waals surface area contributed by atoms with Gasteiger partial charge in [-0.05, 0) is 19.9 Å². The fourth-order valence-corrected chi connectivity index (χ4v) is 3.33. The van der Waals surface area contributed by atoms with Crippen molar-refractivity contribution in [2.45, 2.75) is 20.8 Å². The Bertz CT molecular complexity index is 783. The van der Waals surface area contributed by atoms with Crippen LogP contribution in [0.3, 0.4) is 0 Å². The van der Waals surface area contributed by atoms with E-state index in [1.165, 1.54) is 11.3 Å². The number of aryl methyl sites for hydroxylation is 2. The molecule has 0 unspecified atom stereocenters. The molecule has 0 N–H and O–H groups in total. The Morgan fingerprint density at radius 1 is 1.26 bits per heavy atom. The smallest absolute Gasteiger partial charge is 0.171 e. The van der Waals surface area contributed by atoms with Gasteiger partial charge in [-0.3, -0.25) is 4.79 Å². The van der Waals surface area contributed by atoms with Gasteiger partial charge in [-0.15, -0.1) is 11.3 Å². The molecule has 96 valence electrons. The van der Waals surface area contributed by atoms with E-state index in [1.54, 1.807) is 6.92 Å². The van der Waals surface area contributed by atoms with Crippen LogP contribution in [0.2, 0.25) is 0 Å². The predicted octanol–water partition coefficient (Wildman–Crippen LogP) is 4.38. The molecule has 0 radical (unpaired) electrons. The minimum Gasteiger partial charge on any atom is -0.461 e. The van der Waals surface area contributed by atoms with Gasteiger partial charge in [0.1, 0.15) is 16.4 Å². The first-order valence-electron chi connectivity index (χ1n) is 6.05. The van der Waals surface area contributed by atoms with E-state index in [9.17, 15) is 4.79 Å². The van der Waals surface area contributed by atoms with Crippen molar-refractivity contribution in [2.24, 2.45) is 0 Å². The molecule has 1 aromatic carbocycles. The maximum absolute atomic E-state index is 11.5. The monoisotopic (exact) mass is 271 g/mol. The zero-order chi connectivity index (χ0) is 13.6. The Hall–Kier alpha value is -1.94. The van der Waals surface area contributed by atoms with Crippen LogP contribution in [0.1, 0.15) is 28.0 Å². The molecule has 0 bridgehead atoms. The van der Waals surface area contributed by atoms with Crippen molar-refractivity contribution in [1.29, 1.82) is 0 Å². The molecule has 0 aliphatic heterocycles. The van der Waals surface area contributed by atoms with Crippen molar-refractivity contribution in [2.75, 3.05) is 0 Å². The van der Waals surface area contributed by atoms with E-state index in [4.69, 9.17) is 4.42 Å². The molecule has 19 heavy (non-hydrogen) atoms. The molecule has 0 spiro atoms. The van der Waals surface area contributed by atoms with Gasteiger partial charge in [0, 0.05) is 12.3 Å². The summed E-state index contributed by atoms with van der Waals surface area (Å²) in [6.45, 7) is 5.37. The summed E-state index contributed by atoms with van der Waals surface area (Å²) >= 11 is 1.43. The summed E-state index contributed by atoms with van der Waals surface area (Å²) in [4.78, 5) is 16.8. The molecule has 2 aromatic heterocycles. The molecule has 0 aliphatic carbocycles. The summed E-state index contributed by atoms with van der Waals surface area (Å²) in [6, 6.07) is 7.89. The number of carbonyl (C=O) groups excluding carboxylic acids is 1. The third kappa shape index (κ3) is 1.88.